The molecule has 1 amide bonds. The summed E-state index contributed by atoms with van der Waals surface area (Å²) in [6, 6.07) is 6.74. The van der Waals surface area contributed by atoms with Crippen molar-refractivity contribution in [2.24, 2.45) is 11.7 Å². The first-order valence-corrected chi connectivity index (χ1v) is 12.5. The number of primary amides is 1. The van der Waals surface area contributed by atoms with Crippen molar-refractivity contribution >= 4 is 5.91 Å². The number of aliphatic hydroxyl groups is 1. The van der Waals surface area contributed by atoms with Crippen LogP contribution in [0.3, 0.4) is 0 Å². The Balaban J connectivity index is 0.00000133. The SMILES string of the molecule is CC.Cc1ccc(O)cc1C12CCN(CC3CC3)C(C)C1(O)Cc1cc(C(N)=O)c(=O)[nH]c1C2. The summed E-state index contributed by atoms with van der Waals surface area (Å²) >= 11 is 0. The molecular weight excluding hydrogens is 430 g/mol. The van der Waals surface area contributed by atoms with Gasteiger partial charge in [-0.25, -0.2) is 0 Å². The van der Waals surface area contributed by atoms with Gasteiger partial charge in [0.25, 0.3) is 11.5 Å². The van der Waals surface area contributed by atoms with Gasteiger partial charge in [-0.15, -0.1) is 0 Å². The molecule has 7 nitrogen and oxygen atoms in total. The normalized spacial score (nSPS) is 28.3. The Bertz CT molecular complexity index is 1160. The number of hydrogen-bond donors (Lipinski definition) is 4. The van der Waals surface area contributed by atoms with Crippen LogP contribution in [0.25, 0.3) is 0 Å². The summed E-state index contributed by atoms with van der Waals surface area (Å²) in [6.07, 6.45) is 3.93. The third kappa shape index (κ3) is 3.85. The molecule has 34 heavy (non-hydrogen) atoms. The summed E-state index contributed by atoms with van der Waals surface area (Å²) in [7, 11) is 0. The number of fused-ring (bicyclic) bond motifs is 2. The lowest BCUT2D eigenvalue weighted by Gasteiger charge is -2.60. The van der Waals surface area contributed by atoms with Crippen molar-refractivity contribution in [3.05, 3.63) is 62.6 Å². The zero-order chi connectivity index (χ0) is 24.8. The van der Waals surface area contributed by atoms with Crippen LogP contribution in [0.5, 0.6) is 5.75 Å². The van der Waals surface area contributed by atoms with Crippen molar-refractivity contribution in [1.82, 2.24) is 9.88 Å². The number of carbonyl (C=O) groups is 1. The van der Waals surface area contributed by atoms with E-state index in [9.17, 15) is 19.8 Å². The van der Waals surface area contributed by atoms with E-state index in [2.05, 4.69) is 16.8 Å². The van der Waals surface area contributed by atoms with Crippen LogP contribution in [-0.4, -0.2) is 50.7 Å². The number of benzene rings is 1. The van der Waals surface area contributed by atoms with E-state index in [0.717, 1.165) is 35.5 Å². The number of aromatic amines is 1. The van der Waals surface area contributed by atoms with E-state index in [1.165, 1.54) is 12.8 Å². The summed E-state index contributed by atoms with van der Waals surface area (Å²) in [6.45, 7) is 9.90. The minimum absolute atomic E-state index is 0.0771. The number of nitrogens with zero attached hydrogens (tertiary/aromatic N) is 1. The number of likely N-dealkylation sites (tertiary alicyclic amines) is 1. The van der Waals surface area contributed by atoms with Gasteiger partial charge >= 0.3 is 0 Å². The van der Waals surface area contributed by atoms with Gasteiger partial charge in [-0.1, -0.05) is 19.9 Å². The number of rotatable bonds is 4. The number of aryl methyl sites for hydroxylation is 1. The molecule has 3 unspecified atom stereocenters. The molecule has 7 heteroatoms. The molecular formula is C27H37N3O4. The Labute approximate surface area is 201 Å². The lowest BCUT2D eigenvalue weighted by molar-refractivity contribution is -0.139. The third-order valence-corrected chi connectivity index (χ3v) is 8.24. The predicted octanol–water partition coefficient (Wildman–Crippen LogP) is 2.79. The smallest absolute Gasteiger partial charge is 0.261 e. The summed E-state index contributed by atoms with van der Waals surface area (Å²) in [5.74, 6) is 0.0947. The number of aromatic hydroxyl groups is 1. The third-order valence-electron chi connectivity index (χ3n) is 8.24. The Morgan fingerprint density at radius 3 is 2.59 bits per heavy atom. The van der Waals surface area contributed by atoms with Crippen LogP contribution in [0.4, 0.5) is 0 Å². The second-order valence-corrected chi connectivity index (χ2v) is 10.1. The standard InChI is InChI=1S/C25H31N3O4.C2H6/c1-14-3-6-18(29)10-20(14)24-7-8-28(13-16-4-5-16)15(2)25(24,32)11-17-9-19(22(26)30)23(31)27-21(17)12-24;1-2/h3,6,9-10,15-16,29,32H,4-5,7-8,11-13H2,1-2H3,(H2,26,30)(H,27,31);1-2H3. The number of piperidine rings is 1. The van der Waals surface area contributed by atoms with Crippen LogP contribution < -0.4 is 11.3 Å². The van der Waals surface area contributed by atoms with Crippen LogP contribution in [0.2, 0.25) is 0 Å². The molecule has 0 radical (unpaired) electrons. The number of nitrogens with one attached hydrogen (secondary N) is 1. The number of carbonyl (C=O) groups excluding carboxylic acids is 1. The van der Waals surface area contributed by atoms with Gasteiger partial charge in [-0.3, -0.25) is 14.5 Å². The first-order chi connectivity index (χ1) is 16.1. The fraction of sp³-hybridized carbons (Fsp3) is 0.556. The molecule has 2 heterocycles. The molecule has 5 N–H and O–H groups in total. The van der Waals surface area contributed by atoms with Crippen LogP contribution in [0.15, 0.2) is 29.1 Å². The lowest BCUT2D eigenvalue weighted by atomic mass is 9.53. The van der Waals surface area contributed by atoms with Crippen molar-refractivity contribution in [2.45, 2.75) is 76.9 Å². The van der Waals surface area contributed by atoms with Gasteiger partial charge in [-0.2, -0.15) is 0 Å². The van der Waals surface area contributed by atoms with E-state index in [1.54, 1.807) is 18.2 Å². The van der Waals surface area contributed by atoms with Crippen molar-refractivity contribution in [3.8, 4) is 5.75 Å². The molecule has 2 fully saturated rings. The first-order valence-electron chi connectivity index (χ1n) is 12.5. The summed E-state index contributed by atoms with van der Waals surface area (Å²) in [5, 5.41) is 22.8. The van der Waals surface area contributed by atoms with Gasteiger partial charge in [-0.05, 0) is 80.5 Å². The van der Waals surface area contributed by atoms with Crippen molar-refractivity contribution < 1.29 is 15.0 Å². The monoisotopic (exact) mass is 467 g/mol. The Morgan fingerprint density at radius 2 is 1.94 bits per heavy atom. The van der Waals surface area contributed by atoms with Gasteiger partial charge in [0.05, 0.1) is 5.60 Å². The first kappa shape index (κ1) is 24.5. The number of phenolic OH excluding ortho intramolecular Hbond substituents is 1. The highest BCUT2D eigenvalue weighted by atomic mass is 16.3. The number of aromatic nitrogens is 1. The van der Waals surface area contributed by atoms with Gasteiger partial charge in [0, 0.05) is 36.5 Å². The Morgan fingerprint density at radius 1 is 1.24 bits per heavy atom. The van der Waals surface area contributed by atoms with E-state index in [4.69, 9.17) is 5.73 Å². The molecule has 1 aliphatic heterocycles. The van der Waals surface area contributed by atoms with Crippen LogP contribution >= 0.6 is 0 Å². The molecule has 2 aromatic rings. The molecule has 1 saturated heterocycles. The summed E-state index contributed by atoms with van der Waals surface area (Å²) in [5.41, 5.74) is 6.45. The predicted molar refractivity (Wildman–Crippen MR) is 132 cm³/mol. The van der Waals surface area contributed by atoms with Crippen LogP contribution in [0.1, 0.15) is 72.8 Å². The average Bonchev–Trinajstić information content (AvgIpc) is 3.62. The number of nitrogens with two attached hydrogens (primary N) is 1. The Hall–Kier alpha value is -2.64. The summed E-state index contributed by atoms with van der Waals surface area (Å²) in [4.78, 5) is 29.6. The van der Waals surface area contributed by atoms with E-state index >= 15 is 0 Å². The largest absolute Gasteiger partial charge is 0.508 e. The highest BCUT2D eigenvalue weighted by Crippen LogP contribution is 2.54. The average molecular weight is 468 g/mol. The van der Waals surface area contributed by atoms with Gasteiger partial charge in [0.2, 0.25) is 0 Å². The van der Waals surface area contributed by atoms with E-state index in [1.807, 2.05) is 26.8 Å². The maximum absolute atomic E-state index is 12.5. The van der Waals surface area contributed by atoms with Crippen LogP contribution in [0, 0.1) is 12.8 Å². The van der Waals surface area contributed by atoms with Crippen LogP contribution in [-0.2, 0) is 18.3 Å². The second-order valence-electron chi connectivity index (χ2n) is 10.1. The quantitative estimate of drug-likeness (QED) is 0.551. The maximum Gasteiger partial charge on any atom is 0.261 e. The Kier molecular flexibility index (Phi) is 6.38. The number of hydrogen-bond acceptors (Lipinski definition) is 5. The molecule has 1 aromatic carbocycles. The topological polar surface area (TPSA) is 120 Å². The maximum atomic E-state index is 12.5. The number of H-pyrrole nitrogens is 1. The minimum Gasteiger partial charge on any atom is -0.508 e. The van der Waals surface area contributed by atoms with Crippen molar-refractivity contribution in [2.75, 3.05) is 13.1 Å². The van der Waals surface area contributed by atoms with Crippen molar-refractivity contribution in [3.63, 3.8) is 0 Å². The number of amides is 1. The molecule has 1 saturated carbocycles. The molecule has 3 aliphatic rings. The van der Waals surface area contributed by atoms with E-state index in [0.29, 0.717) is 25.2 Å². The molecule has 1 aromatic heterocycles. The highest BCUT2D eigenvalue weighted by molar-refractivity contribution is 5.92. The van der Waals surface area contributed by atoms with Gasteiger partial charge in [0.1, 0.15) is 11.3 Å². The number of pyridine rings is 1. The minimum atomic E-state index is -1.14. The lowest BCUT2D eigenvalue weighted by Crippen LogP contribution is -2.71. The summed E-state index contributed by atoms with van der Waals surface area (Å²) < 4.78 is 0. The molecule has 0 spiro atoms. The fourth-order valence-electron chi connectivity index (χ4n) is 6.18. The van der Waals surface area contributed by atoms with Crippen molar-refractivity contribution in [1.29, 1.82) is 0 Å². The molecule has 0 bridgehead atoms. The fourth-order valence-corrected chi connectivity index (χ4v) is 6.18. The van der Waals surface area contributed by atoms with E-state index < -0.39 is 22.5 Å². The molecule has 3 atom stereocenters. The second kappa shape index (κ2) is 8.86. The van der Waals surface area contributed by atoms with Gasteiger partial charge in [0.15, 0.2) is 0 Å². The molecule has 5 rings (SSSR count). The van der Waals surface area contributed by atoms with Gasteiger partial charge < -0.3 is 20.9 Å². The number of phenols is 1. The van der Waals surface area contributed by atoms with E-state index in [-0.39, 0.29) is 17.4 Å². The highest BCUT2D eigenvalue weighted by Gasteiger charge is 2.61. The zero-order valence-corrected chi connectivity index (χ0v) is 20.6. The molecule has 2 aliphatic carbocycles. The zero-order valence-electron chi connectivity index (χ0n) is 20.6. The molecule has 184 valence electrons.